The number of hydrogen-bond acceptors (Lipinski definition) is 5. The fraction of sp³-hybridized carbons (Fsp3) is 0.688. The van der Waals surface area contributed by atoms with Crippen molar-refractivity contribution in [1.82, 2.24) is 9.88 Å². The fourth-order valence-corrected chi connectivity index (χ4v) is 2.29. The summed E-state index contributed by atoms with van der Waals surface area (Å²) in [5, 5.41) is 3.33. The van der Waals surface area contributed by atoms with Gasteiger partial charge in [-0.1, -0.05) is 0 Å². The zero-order valence-corrected chi connectivity index (χ0v) is 14.9. The van der Waals surface area contributed by atoms with E-state index in [2.05, 4.69) is 70.0 Å². The minimum Gasteiger partial charge on any atom is -0.399 e. The number of rotatable bonds is 5. The minimum atomic E-state index is -0.353. The average Bonchev–Trinajstić information content (AvgIpc) is 2.57. The van der Waals surface area contributed by atoms with Crippen LogP contribution in [0.25, 0.3) is 0 Å². The Morgan fingerprint density at radius 3 is 2.27 bits per heavy atom. The van der Waals surface area contributed by atoms with Crippen molar-refractivity contribution in [3.63, 3.8) is 0 Å². The third-order valence-corrected chi connectivity index (χ3v) is 4.52. The summed E-state index contributed by atoms with van der Waals surface area (Å²) in [6, 6.07) is 2.05. The first-order valence-electron chi connectivity index (χ1n) is 7.83. The van der Waals surface area contributed by atoms with Gasteiger partial charge in [0, 0.05) is 24.7 Å². The van der Waals surface area contributed by atoms with Crippen LogP contribution >= 0.6 is 0 Å². The van der Waals surface area contributed by atoms with Crippen LogP contribution in [0.3, 0.4) is 0 Å². The van der Waals surface area contributed by atoms with Crippen LogP contribution in [0, 0.1) is 6.92 Å². The molecule has 0 aliphatic carbocycles. The molecule has 0 radical (unpaired) electrons. The van der Waals surface area contributed by atoms with Gasteiger partial charge in [0.15, 0.2) is 0 Å². The summed E-state index contributed by atoms with van der Waals surface area (Å²) < 4.78 is 12.2. The molecule has 0 bridgehead atoms. The molecule has 22 heavy (non-hydrogen) atoms. The standard InChI is InChI=1S/C16H28BN3O2/c1-12-10-14(18-8-9-20(6)7)19-11-13(12)17-21-15(2,3)16(4,5)22-17/h10-11H,8-9H2,1-7H3,(H,18,19). The third kappa shape index (κ3) is 3.62. The molecule has 0 atom stereocenters. The monoisotopic (exact) mass is 305 g/mol. The predicted octanol–water partition coefficient (Wildman–Crippen LogP) is 1.66. The number of pyridine rings is 1. The number of aromatic nitrogens is 1. The van der Waals surface area contributed by atoms with Crippen LogP contribution in [-0.4, -0.2) is 55.4 Å². The molecule has 1 aliphatic heterocycles. The molecule has 1 saturated heterocycles. The van der Waals surface area contributed by atoms with Crippen molar-refractivity contribution in [3.8, 4) is 0 Å². The molecule has 0 unspecified atom stereocenters. The molecule has 0 spiro atoms. The molecule has 0 amide bonds. The summed E-state index contributed by atoms with van der Waals surface area (Å²) in [7, 11) is 3.76. The van der Waals surface area contributed by atoms with Crippen LogP contribution in [0.4, 0.5) is 5.82 Å². The second-order valence-electron chi connectivity index (χ2n) is 7.24. The van der Waals surface area contributed by atoms with Crippen molar-refractivity contribution < 1.29 is 9.31 Å². The Morgan fingerprint density at radius 1 is 1.18 bits per heavy atom. The number of aryl methyl sites for hydroxylation is 1. The molecule has 2 rings (SSSR count). The fourth-order valence-electron chi connectivity index (χ4n) is 2.29. The smallest absolute Gasteiger partial charge is 0.399 e. The predicted molar refractivity (Wildman–Crippen MR) is 91.7 cm³/mol. The summed E-state index contributed by atoms with van der Waals surface area (Å²) >= 11 is 0. The van der Waals surface area contributed by atoms with Crippen molar-refractivity contribution in [2.24, 2.45) is 0 Å². The van der Waals surface area contributed by atoms with Crippen molar-refractivity contribution in [2.45, 2.75) is 45.8 Å². The quantitative estimate of drug-likeness (QED) is 0.839. The summed E-state index contributed by atoms with van der Waals surface area (Å²) in [6.45, 7) is 12.2. The van der Waals surface area contributed by atoms with E-state index in [1.807, 2.05) is 6.20 Å². The minimum absolute atomic E-state index is 0.327. The maximum absolute atomic E-state index is 6.09. The van der Waals surface area contributed by atoms with Crippen molar-refractivity contribution in [2.75, 3.05) is 32.5 Å². The average molecular weight is 305 g/mol. The van der Waals surface area contributed by atoms with E-state index in [0.29, 0.717) is 0 Å². The van der Waals surface area contributed by atoms with Crippen LogP contribution in [0.1, 0.15) is 33.3 Å². The SMILES string of the molecule is Cc1cc(NCCN(C)C)ncc1B1OC(C)(C)C(C)(C)O1. The third-order valence-electron chi connectivity index (χ3n) is 4.52. The summed E-state index contributed by atoms with van der Waals surface area (Å²) in [5.74, 6) is 0.889. The molecule has 6 heteroatoms. The van der Waals surface area contributed by atoms with Gasteiger partial charge in [0.05, 0.1) is 11.2 Å². The number of anilines is 1. The first kappa shape index (κ1) is 17.3. The molecular weight excluding hydrogens is 277 g/mol. The Bertz CT molecular complexity index is 516. The molecule has 1 aromatic rings. The van der Waals surface area contributed by atoms with Gasteiger partial charge >= 0.3 is 7.12 Å². The molecule has 122 valence electrons. The lowest BCUT2D eigenvalue weighted by atomic mass is 9.77. The zero-order valence-electron chi connectivity index (χ0n) is 14.9. The second-order valence-corrected chi connectivity index (χ2v) is 7.24. The van der Waals surface area contributed by atoms with Gasteiger partial charge in [-0.3, -0.25) is 0 Å². The lowest BCUT2D eigenvalue weighted by molar-refractivity contribution is 0.00578. The van der Waals surface area contributed by atoms with E-state index in [1.54, 1.807) is 0 Å². The number of hydrogen-bond donors (Lipinski definition) is 1. The van der Waals surface area contributed by atoms with Gasteiger partial charge in [-0.25, -0.2) is 4.98 Å². The molecule has 0 saturated carbocycles. The molecule has 0 aromatic carbocycles. The lowest BCUT2D eigenvalue weighted by Crippen LogP contribution is -2.41. The van der Waals surface area contributed by atoms with E-state index < -0.39 is 0 Å². The van der Waals surface area contributed by atoms with Gasteiger partial charge in [-0.15, -0.1) is 0 Å². The van der Waals surface area contributed by atoms with Crippen LogP contribution in [0.2, 0.25) is 0 Å². The van der Waals surface area contributed by atoms with Crippen molar-refractivity contribution >= 4 is 18.4 Å². The van der Waals surface area contributed by atoms with Crippen LogP contribution in [-0.2, 0) is 9.31 Å². The molecule has 1 fully saturated rings. The van der Waals surface area contributed by atoms with E-state index >= 15 is 0 Å². The van der Waals surface area contributed by atoms with E-state index in [4.69, 9.17) is 9.31 Å². The highest BCUT2D eigenvalue weighted by atomic mass is 16.7. The number of likely N-dealkylation sites (N-methyl/N-ethyl adjacent to an activating group) is 1. The first-order valence-corrected chi connectivity index (χ1v) is 7.83. The van der Waals surface area contributed by atoms with Gasteiger partial charge < -0.3 is 19.5 Å². The van der Waals surface area contributed by atoms with E-state index in [-0.39, 0.29) is 18.3 Å². The summed E-state index contributed by atoms with van der Waals surface area (Å²) in [4.78, 5) is 6.62. The number of nitrogens with zero attached hydrogens (tertiary/aromatic N) is 2. The largest absolute Gasteiger partial charge is 0.496 e. The lowest BCUT2D eigenvalue weighted by Gasteiger charge is -2.32. The van der Waals surface area contributed by atoms with Gasteiger partial charge in [0.25, 0.3) is 0 Å². The Kier molecular flexibility index (Phi) is 4.85. The highest BCUT2D eigenvalue weighted by molar-refractivity contribution is 6.62. The maximum atomic E-state index is 6.09. The second kappa shape index (κ2) is 6.18. The van der Waals surface area contributed by atoms with Crippen LogP contribution in [0.15, 0.2) is 12.3 Å². The highest BCUT2D eigenvalue weighted by Crippen LogP contribution is 2.36. The Balaban J connectivity index is 2.08. The van der Waals surface area contributed by atoms with Crippen LogP contribution in [0.5, 0.6) is 0 Å². The molecule has 1 N–H and O–H groups in total. The van der Waals surface area contributed by atoms with Gasteiger partial charge in [-0.2, -0.15) is 0 Å². The normalized spacial score (nSPS) is 19.7. The highest BCUT2D eigenvalue weighted by Gasteiger charge is 2.52. The van der Waals surface area contributed by atoms with Crippen molar-refractivity contribution in [1.29, 1.82) is 0 Å². The number of nitrogens with one attached hydrogen (secondary N) is 1. The molecule has 1 aromatic heterocycles. The van der Waals surface area contributed by atoms with E-state index in [0.717, 1.165) is 29.9 Å². The molecule has 1 aliphatic rings. The Morgan fingerprint density at radius 2 is 1.77 bits per heavy atom. The maximum Gasteiger partial charge on any atom is 0.496 e. The van der Waals surface area contributed by atoms with E-state index in [9.17, 15) is 0 Å². The summed E-state index contributed by atoms with van der Waals surface area (Å²) in [5.41, 5.74) is 1.47. The summed E-state index contributed by atoms with van der Waals surface area (Å²) in [6.07, 6.45) is 1.86. The van der Waals surface area contributed by atoms with Gasteiger partial charge in [-0.05, 0) is 60.3 Å². The Hall–Kier alpha value is -1.11. The molecular formula is C16H28BN3O2. The Labute approximate surface area is 134 Å². The molecule has 2 heterocycles. The topological polar surface area (TPSA) is 46.6 Å². The molecule has 5 nitrogen and oxygen atoms in total. The van der Waals surface area contributed by atoms with Gasteiger partial charge in [0.1, 0.15) is 5.82 Å². The van der Waals surface area contributed by atoms with Crippen molar-refractivity contribution in [3.05, 3.63) is 17.8 Å². The van der Waals surface area contributed by atoms with Gasteiger partial charge in [0.2, 0.25) is 0 Å². The first-order chi connectivity index (χ1) is 10.1. The van der Waals surface area contributed by atoms with Crippen LogP contribution < -0.4 is 10.8 Å². The zero-order chi connectivity index (χ0) is 16.5. The van der Waals surface area contributed by atoms with E-state index in [1.165, 1.54) is 0 Å².